The summed E-state index contributed by atoms with van der Waals surface area (Å²) in [5, 5.41) is 12.3. The fourth-order valence-corrected chi connectivity index (χ4v) is 4.75. The predicted molar refractivity (Wildman–Crippen MR) is 102 cm³/mol. The Bertz CT molecular complexity index is 1080. The summed E-state index contributed by atoms with van der Waals surface area (Å²) < 4.78 is 23.4. The van der Waals surface area contributed by atoms with Crippen LogP contribution in [0.25, 0.3) is 10.7 Å². The highest BCUT2D eigenvalue weighted by molar-refractivity contribution is 7.91. The molecule has 0 unspecified atom stereocenters. The molecule has 3 aromatic heterocycles. The van der Waals surface area contributed by atoms with Gasteiger partial charge in [-0.15, -0.1) is 11.3 Å². The van der Waals surface area contributed by atoms with E-state index in [-0.39, 0.29) is 4.21 Å². The molecule has 2 aliphatic carbocycles. The third kappa shape index (κ3) is 3.35. The Kier molecular flexibility index (Phi) is 3.81. The lowest BCUT2D eigenvalue weighted by molar-refractivity contribution is 0.600. The molecule has 27 heavy (non-hydrogen) atoms. The van der Waals surface area contributed by atoms with Crippen LogP contribution in [-0.4, -0.2) is 34.6 Å². The second-order valence-corrected chi connectivity index (χ2v) is 9.83. The van der Waals surface area contributed by atoms with Crippen LogP contribution in [0.2, 0.25) is 0 Å². The molecule has 0 atom stereocenters. The molecule has 0 saturated heterocycles. The van der Waals surface area contributed by atoms with E-state index in [4.69, 9.17) is 15.1 Å². The summed E-state index contributed by atoms with van der Waals surface area (Å²) in [5.74, 6) is 2.71. The quantitative estimate of drug-likeness (QED) is 0.654. The first kappa shape index (κ1) is 16.8. The molecule has 0 aliphatic heterocycles. The molecule has 140 valence electrons. The topological polar surface area (TPSA) is 118 Å². The maximum absolute atomic E-state index is 11.6. The number of thiophene rings is 1. The lowest BCUT2D eigenvalue weighted by atomic mass is 10.2. The van der Waals surface area contributed by atoms with E-state index in [1.807, 2.05) is 6.07 Å². The lowest BCUT2D eigenvalue weighted by Crippen LogP contribution is -2.21. The van der Waals surface area contributed by atoms with Crippen LogP contribution in [-0.2, 0) is 10.0 Å². The van der Waals surface area contributed by atoms with Gasteiger partial charge in [0.25, 0.3) is 0 Å². The maximum atomic E-state index is 11.6. The van der Waals surface area contributed by atoms with Crippen molar-refractivity contribution < 1.29 is 8.42 Å². The Morgan fingerprint density at radius 3 is 2.56 bits per heavy atom. The molecular weight excluding hydrogens is 384 g/mol. The van der Waals surface area contributed by atoms with Crippen LogP contribution in [0.5, 0.6) is 0 Å². The van der Waals surface area contributed by atoms with Crippen LogP contribution in [0.1, 0.15) is 37.3 Å². The number of nitrogens with two attached hydrogens (primary N) is 1. The van der Waals surface area contributed by atoms with E-state index in [1.165, 1.54) is 6.07 Å². The number of aromatic nitrogens is 4. The van der Waals surface area contributed by atoms with E-state index in [0.29, 0.717) is 22.7 Å². The number of nitrogens with one attached hydrogen (secondary N) is 1. The monoisotopic (exact) mass is 402 g/mol. The van der Waals surface area contributed by atoms with Crippen molar-refractivity contribution in [2.24, 2.45) is 5.14 Å². The molecule has 2 saturated carbocycles. The molecule has 0 radical (unpaired) electrons. The van der Waals surface area contributed by atoms with Crippen molar-refractivity contribution in [3.05, 3.63) is 36.2 Å². The maximum Gasteiger partial charge on any atom is 0.247 e. The van der Waals surface area contributed by atoms with Crippen LogP contribution < -0.4 is 10.0 Å². The zero-order valence-electron chi connectivity index (χ0n) is 14.4. The summed E-state index contributed by atoms with van der Waals surface area (Å²) in [6.45, 7) is 0. The van der Waals surface area contributed by atoms with Crippen molar-refractivity contribution in [2.45, 2.75) is 41.9 Å². The molecule has 0 spiro atoms. The second kappa shape index (κ2) is 6.11. The van der Waals surface area contributed by atoms with Gasteiger partial charge in [0, 0.05) is 29.8 Å². The second-order valence-electron chi connectivity index (χ2n) is 6.96. The number of hydrogen-bond acceptors (Lipinski definition) is 7. The van der Waals surface area contributed by atoms with Gasteiger partial charge in [-0.05, 0) is 37.8 Å². The average Bonchev–Trinajstić information content (AvgIpc) is 3.53. The smallest absolute Gasteiger partial charge is 0.247 e. The van der Waals surface area contributed by atoms with Crippen LogP contribution in [0, 0.1) is 0 Å². The van der Waals surface area contributed by atoms with Gasteiger partial charge in [0.15, 0.2) is 5.82 Å². The summed E-state index contributed by atoms with van der Waals surface area (Å²) in [6, 6.07) is 7.60. The van der Waals surface area contributed by atoms with Crippen molar-refractivity contribution in [2.75, 3.05) is 4.90 Å². The summed E-state index contributed by atoms with van der Waals surface area (Å²) >= 11 is 1.10. The van der Waals surface area contributed by atoms with Crippen molar-refractivity contribution in [1.82, 2.24) is 20.2 Å². The number of sulfonamides is 1. The first-order valence-electron chi connectivity index (χ1n) is 8.79. The van der Waals surface area contributed by atoms with Gasteiger partial charge in [-0.3, -0.25) is 5.10 Å². The SMILES string of the molecule is NS(=O)(=O)c1ccc(-c2nc(C3CC3)cc(N(c3ccn[nH]3)C3CC3)n2)s1. The molecule has 0 bridgehead atoms. The molecule has 0 aromatic carbocycles. The predicted octanol–water partition coefficient (Wildman–Crippen LogP) is 2.75. The fourth-order valence-electron chi connectivity index (χ4n) is 3.09. The number of anilines is 2. The fraction of sp³-hybridized carbons (Fsp3) is 0.353. The number of nitrogens with zero attached hydrogens (tertiary/aromatic N) is 4. The molecular formula is C17H18N6O2S2. The largest absolute Gasteiger partial charge is 0.308 e. The number of aromatic amines is 1. The van der Waals surface area contributed by atoms with Gasteiger partial charge < -0.3 is 4.90 Å². The van der Waals surface area contributed by atoms with Gasteiger partial charge >= 0.3 is 0 Å². The normalized spacial score (nSPS) is 17.2. The molecule has 8 nitrogen and oxygen atoms in total. The van der Waals surface area contributed by atoms with Crippen molar-refractivity contribution >= 4 is 33.0 Å². The Hall–Kier alpha value is -2.30. The van der Waals surface area contributed by atoms with Crippen molar-refractivity contribution in [3.63, 3.8) is 0 Å². The molecule has 2 aliphatic rings. The average molecular weight is 403 g/mol. The zero-order valence-corrected chi connectivity index (χ0v) is 16.0. The highest BCUT2D eigenvalue weighted by atomic mass is 32.2. The van der Waals surface area contributed by atoms with Crippen LogP contribution >= 0.6 is 11.3 Å². The van der Waals surface area contributed by atoms with Crippen molar-refractivity contribution in [1.29, 1.82) is 0 Å². The minimum absolute atomic E-state index is 0.118. The molecule has 3 N–H and O–H groups in total. The van der Waals surface area contributed by atoms with Gasteiger partial charge in [0.1, 0.15) is 15.8 Å². The van der Waals surface area contributed by atoms with Gasteiger partial charge in [-0.25, -0.2) is 23.5 Å². The molecule has 2 fully saturated rings. The summed E-state index contributed by atoms with van der Waals surface area (Å²) in [5.41, 5.74) is 1.01. The van der Waals surface area contributed by atoms with Gasteiger partial charge in [-0.2, -0.15) is 5.10 Å². The highest BCUT2D eigenvalue weighted by Gasteiger charge is 2.34. The third-order valence-corrected chi connectivity index (χ3v) is 7.23. The molecule has 5 rings (SSSR count). The Balaban J connectivity index is 1.61. The molecule has 0 amide bonds. The van der Waals surface area contributed by atoms with E-state index in [1.54, 1.807) is 12.3 Å². The van der Waals surface area contributed by atoms with Crippen LogP contribution in [0.15, 0.2) is 34.7 Å². The summed E-state index contributed by atoms with van der Waals surface area (Å²) in [6.07, 6.45) is 6.18. The van der Waals surface area contributed by atoms with Gasteiger partial charge in [-0.1, -0.05) is 0 Å². The minimum atomic E-state index is -3.73. The Morgan fingerprint density at radius 2 is 1.96 bits per heavy atom. The van der Waals surface area contributed by atoms with E-state index in [9.17, 15) is 8.42 Å². The lowest BCUT2D eigenvalue weighted by Gasteiger charge is -2.22. The number of primary sulfonamides is 1. The first-order chi connectivity index (χ1) is 13.0. The van der Waals surface area contributed by atoms with E-state index < -0.39 is 10.0 Å². The van der Waals surface area contributed by atoms with E-state index in [2.05, 4.69) is 21.2 Å². The molecule has 3 aromatic rings. The first-order valence-corrected chi connectivity index (χ1v) is 11.2. The number of H-pyrrole nitrogens is 1. The zero-order chi connectivity index (χ0) is 18.6. The van der Waals surface area contributed by atoms with E-state index in [0.717, 1.165) is 54.3 Å². The summed E-state index contributed by atoms with van der Waals surface area (Å²) in [4.78, 5) is 12.3. The van der Waals surface area contributed by atoms with Gasteiger partial charge in [0.2, 0.25) is 10.0 Å². The molecule has 10 heteroatoms. The molecule has 3 heterocycles. The number of hydrogen-bond donors (Lipinski definition) is 2. The highest BCUT2D eigenvalue weighted by Crippen LogP contribution is 2.43. The van der Waals surface area contributed by atoms with Gasteiger partial charge in [0.05, 0.1) is 11.1 Å². The van der Waals surface area contributed by atoms with Crippen LogP contribution in [0.4, 0.5) is 11.6 Å². The Labute approximate surface area is 160 Å². The third-order valence-electron chi connectivity index (χ3n) is 4.71. The Morgan fingerprint density at radius 1 is 1.15 bits per heavy atom. The minimum Gasteiger partial charge on any atom is -0.308 e. The van der Waals surface area contributed by atoms with Crippen LogP contribution in [0.3, 0.4) is 0 Å². The standard InChI is InChI=1S/C17H18N6O2S2/c18-27(24,25)16-6-5-13(26-16)17-20-12(10-1-2-10)9-15(21-17)23(11-3-4-11)14-7-8-19-22-14/h5-11H,1-4H2,(H,19,22)(H2,18,24,25). The summed E-state index contributed by atoms with van der Waals surface area (Å²) in [7, 11) is -3.73. The number of rotatable bonds is 6. The van der Waals surface area contributed by atoms with E-state index >= 15 is 0 Å². The van der Waals surface area contributed by atoms with Crippen molar-refractivity contribution in [3.8, 4) is 10.7 Å².